The van der Waals surface area contributed by atoms with Crippen molar-refractivity contribution in [3.63, 3.8) is 0 Å². The molecule has 2 fully saturated rings. The van der Waals surface area contributed by atoms with Crippen LogP contribution < -0.4 is 0 Å². The molecule has 0 saturated carbocycles. The molecule has 0 aromatic rings. The lowest BCUT2D eigenvalue weighted by atomic mass is 9.73. The van der Waals surface area contributed by atoms with Crippen LogP contribution in [0, 0.1) is 12.5 Å². The van der Waals surface area contributed by atoms with Gasteiger partial charge < -0.3 is 9.64 Å². The maximum Gasteiger partial charge on any atom is 0.0471 e. The van der Waals surface area contributed by atoms with Gasteiger partial charge in [-0.05, 0) is 44.2 Å². The van der Waals surface area contributed by atoms with Crippen LogP contribution in [-0.4, -0.2) is 31.2 Å². The van der Waals surface area contributed by atoms with E-state index in [2.05, 4.69) is 11.9 Å². The Bertz CT molecular complexity index is 142. The molecule has 0 bridgehead atoms. The van der Waals surface area contributed by atoms with Gasteiger partial charge in [-0.15, -0.1) is 0 Å². The van der Waals surface area contributed by atoms with Gasteiger partial charge in [-0.25, -0.2) is 0 Å². The highest BCUT2D eigenvalue weighted by atomic mass is 16.5. The summed E-state index contributed by atoms with van der Waals surface area (Å²) in [4.78, 5) is 2.20. The summed E-state index contributed by atoms with van der Waals surface area (Å²) in [5, 5.41) is 0. The molecule has 2 rings (SSSR count). The van der Waals surface area contributed by atoms with E-state index in [1.807, 2.05) is 0 Å². The molecule has 1 spiro atoms. The van der Waals surface area contributed by atoms with Crippen molar-refractivity contribution >= 4 is 0 Å². The Morgan fingerprint density at radius 1 is 1.00 bits per heavy atom. The normalized spacial score (nSPS) is 30.8. The average Bonchev–Trinajstić information content (AvgIpc) is 2.13. The van der Waals surface area contributed by atoms with Crippen molar-refractivity contribution in [2.75, 3.05) is 26.3 Å². The molecule has 0 amide bonds. The van der Waals surface area contributed by atoms with E-state index < -0.39 is 0 Å². The number of likely N-dealkylation sites (tertiary alicyclic amines) is 1. The van der Waals surface area contributed by atoms with Crippen LogP contribution in [0.2, 0.25) is 0 Å². The first kappa shape index (κ1) is 8.52. The monoisotopic (exact) mass is 168 g/mol. The average molecular weight is 168 g/mol. The maximum atomic E-state index is 5.39. The number of hydrogen-bond donors (Lipinski definition) is 0. The molecular weight excluding hydrogens is 150 g/mol. The predicted molar refractivity (Wildman–Crippen MR) is 48.7 cm³/mol. The zero-order valence-corrected chi connectivity index (χ0v) is 7.72. The fourth-order valence-corrected chi connectivity index (χ4v) is 2.33. The Morgan fingerprint density at radius 3 is 2.17 bits per heavy atom. The van der Waals surface area contributed by atoms with Crippen LogP contribution in [0.1, 0.15) is 25.7 Å². The Balaban J connectivity index is 1.92. The van der Waals surface area contributed by atoms with Crippen molar-refractivity contribution < 1.29 is 4.74 Å². The first-order valence-electron chi connectivity index (χ1n) is 4.94. The van der Waals surface area contributed by atoms with Gasteiger partial charge in [0.25, 0.3) is 0 Å². The predicted octanol–water partition coefficient (Wildman–Crippen LogP) is 1.67. The van der Waals surface area contributed by atoms with Gasteiger partial charge in [0.05, 0.1) is 0 Å². The van der Waals surface area contributed by atoms with Gasteiger partial charge in [-0.1, -0.05) is 0 Å². The molecule has 2 aliphatic heterocycles. The van der Waals surface area contributed by atoms with Crippen molar-refractivity contribution in [1.82, 2.24) is 4.90 Å². The second-order valence-electron chi connectivity index (χ2n) is 4.23. The Hall–Kier alpha value is -0.0800. The zero-order valence-electron chi connectivity index (χ0n) is 7.72. The fourth-order valence-electron chi connectivity index (χ4n) is 2.33. The Morgan fingerprint density at radius 2 is 1.58 bits per heavy atom. The summed E-state index contributed by atoms with van der Waals surface area (Å²) in [5.41, 5.74) is 0.631. The molecule has 12 heavy (non-hydrogen) atoms. The van der Waals surface area contributed by atoms with Crippen molar-refractivity contribution in [3.05, 3.63) is 7.05 Å². The largest absolute Gasteiger partial charge is 0.459 e. The number of nitrogens with zero attached hydrogens (tertiary/aromatic N) is 1. The lowest BCUT2D eigenvalue weighted by Gasteiger charge is -2.45. The van der Waals surface area contributed by atoms with Crippen molar-refractivity contribution in [2.24, 2.45) is 5.41 Å². The number of rotatable bonds is 0. The maximum absolute atomic E-state index is 5.39. The number of ether oxygens (including phenoxy) is 1. The van der Waals surface area contributed by atoms with Crippen LogP contribution in [0.15, 0.2) is 0 Å². The summed E-state index contributed by atoms with van der Waals surface area (Å²) in [6.45, 7) is 4.33. The lowest BCUT2D eigenvalue weighted by Crippen LogP contribution is -2.40. The molecule has 2 nitrogen and oxygen atoms in total. The quantitative estimate of drug-likeness (QED) is 0.510. The van der Waals surface area contributed by atoms with Gasteiger partial charge in [0, 0.05) is 13.2 Å². The molecular formula is C10H18NO-. The second kappa shape index (κ2) is 3.35. The molecule has 2 heterocycles. The van der Waals surface area contributed by atoms with E-state index in [1.165, 1.54) is 38.8 Å². The van der Waals surface area contributed by atoms with Crippen LogP contribution in [0.5, 0.6) is 0 Å². The molecule has 0 N–H and O–H groups in total. The van der Waals surface area contributed by atoms with Gasteiger partial charge in [-0.3, -0.25) is 7.05 Å². The Labute approximate surface area is 74.9 Å². The van der Waals surface area contributed by atoms with Crippen LogP contribution in [0.3, 0.4) is 0 Å². The molecule has 0 unspecified atom stereocenters. The third kappa shape index (κ3) is 1.64. The first-order chi connectivity index (χ1) is 5.81. The topological polar surface area (TPSA) is 12.5 Å². The van der Waals surface area contributed by atoms with Crippen molar-refractivity contribution in [1.29, 1.82) is 0 Å². The minimum atomic E-state index is 0.631. The van der Waals surface area contributed by atoms with Crippen LogP contribution in [0.25, 0.3) is 0 Å². The van der Waals surface area contributed by atoms with E-state index in [4.69, 9.17) is 4.74 Å². The van der Waals surface area contributed by atoms with Crippen molar-refractivity contribution in [3.8, 4) is 0 Å². The fraction of sp³-hybridized carbons (Fsp3) is 0.900. The highest BCUT2D eigenvalue weighted by molar-refractivity contribution is 4.87. The molecule has 0 aliphatic carbocycles. The minimum absolute atomic E-state index is 0.631. The molecule has 0 aromatic heterocycles. The number of piperidine rings is 1. The van der Waals surface area contributed by atoms with Gasteiger partial charge in [0.2, 0.25) is 0 Å². The number of hydrogen-bond acceptors (Lipinski definition) is 2. The van der Waals surface area contributed by atoms with E-state index >= 15 is 0 Å². The molecule has 0 radical (unpaired) electrons. The first-order valence-corrected chi connectivity index (χ1v) is 4.94. The molecule has 0 aromatic carbocycles. The molecule has 2 aliphatic rings. The van der Waals surface area contributed by atoms with E-state index in [1.54, 1.807) is 0 Å². The summed E-state index contributed by atoms with van der Waals surface area (Å²) < 4.78 is 5.39. The highest BCUT2D eigenvalue weighted by Crippen LogP contribution is 2.40. The van der Waals surface area contributed by atoms with Gasteiger partial charge >= 0.3 is 0 Å². The van der Waals surface area contributed by atoms with Gasteiger partial charge in [0.1, 0.15) is 0 Å². The standard InChI is InChI=1S/C10H18NO/c1-11-6-2-10(3-7-11)4-8-12-9-5-10/h1-9H2/q-1. The minimum Gasteiger partial charge on any atom is -0.459 e. The molecule has 70 valence electrons. The second-order valence-corrected chi connectivity index (χ2v) is 4.23. The summed E-state index contributed by atoms with van der Waals surface area (Å²) in [5.74, 6) is 0. The van der Waals surface area contributed by atoms with Crippen molar-refractivity contribution in [2.45, 2.75) is 25.7 Å². The summed E-state index contributed by atoms with van der Waals surface area (Å²) >= 11 is 0. The molecule has 0 atom stereocenters. The SMILES string of the molecule is [CH2-]N1CCC2(CCOCC2)CC1. The summed E-state index contributed by atoms with van der Waals surface area (Å²) in [7, 11) is 3.98. The van der Waals surface area contributed by atoms with E-state index in [-0.39, 0.29) is 0 Å². The van der Waals surface area contributed by atoms with E-state index in [9.17, 15) is 0 Å². The van der Waals surface area contributed by atoms with Gasteiger partial charge in [0.15, 0.2) is 0 Å². The van der Waals surface area contributed by atoms with Gasteiger partial charge in [-0.2, -0.15) is 0 Å². The Kier molecular flexibility index (Phi) is 2.37. The smallest absolute Gasteiger partial charge is 0.0471 e. The molecule has 2 heteroatoms. The molecule has 2 saturated heterocycles. The van der Waals surface area contributed by atoms with Crippen LogP contribution in [-0.2, 0) is 4.74 Å². The highest BCUT2D eigenvalue weighted by Gasteiger charge is 2.33. The lowest BCUT2D eigenvalue weighted by molar-refractivity contribution is -0.0144. The van der Waals surface area contributed by atoms with E-state index in [0.717, 1.165) is 13.2 Å². The summed E-state index contributed by atoms with van der Waals surface area (Å²) in [6.07, 6.45) is 5.22. The van der Waals surface area contributed by atoms with E-state index in [0.29, 0.717) is 5.41 Å². The van der Waals surface area contributed by atoms with Crippen LogP contribution >= 0.6 is 0 Å². The zero-order chi connectivity index (χ0) is 8.44. The summed E-state index contributed by atoms with van der Waals surface area (Å²) in [6, 6.07) is 0. The third-order valence-electron chi connectivity index (χ3n) is 3.47. The van der Waals surface area contributed by atoms with Crippen LogP contribution in [0.4, 0.5) is 0 Å². The third-order valence-corrected chi connectivity index (χ3v) is 3.47.